The van der Waals surface area contributed by atoms with Crippen LogP contribution in [-0.4, -0.2) is 37.2 Å². The first-order valence-electron chi connectivity index (χ1n) is 10.00. The second kappa shape index (κ2) is 10.2. The molecule has 1 heterocycles. The molecule has 0 N–H and O–H groups in total. The van der Waals surface area contributed by atoms with Gasteiger partial charge in [0.05, 0.1) is 13.7 Å². The van der Waals surface area contributed by atoms with Gasteiger partial charge in [0.2, 0.25) is 0 Å². The molecule has 0 saturated carbocycles. The molecular weight excluding hydrogens is 441 g/mol. The van der Waals surface area contributed by atoms with Crippen molar-refractivity contribution < 1.29 is 23.8 Å². The van der Waals surface area contributed by atoms with Crippen molar-refractivity contribution in [2.45, 2.75) is 32.9 Å². The van der Waals surface area contributed by atoms with E-state index in [1.807, 2.05) is 19.9 Å². The largest absolute Gasteiger partial charge is 0.489 e. The number of hydrogen-bond donors (Lipinski definition) is 0. The molecule has 1 aliphatic heterocycles. The molecule has 2 aromatic carbocycles. The molecular formula is C23H25Cl2NO5. The highest BCUT2D eigenvalue weighted by atomic mass is 35.5. The number of nitrogens with zero attached hydrogens (tertiary/aromatic N) is 1. The molecule has 1 aliphatic rings. The number of amides is 1. The van der Waals surface area contributed by atoms with Crippen molar-refractivity contribution in [3.8, 4) is 5.75 Å². The fraction of sp³-hybridized carbons (Fsp3) is 0.391. The lowest BCUT2D eigenvalue weighted by Crippen LogP contribution is -2.44. The first kappa shape index (κ1) is 23.2. The Labute approximate surface area is 192 Å². The minimum Gasteiger partial charge on any atom is -0.489 e. The van der Waals surface area contributed by atoms with Crippen LogP contribution >= 0.6 is 23.2 Å². The molecule has 0 fully saturated rings. The van der Waals surface area contributed by atoms with Crippen molar-refractivity contribution >= 4 is 35.3 Å². The quantitative estimate of drug-likeness (QED) is 0.531. The monoisotopic (exact) mass is 465 g/mol. The Balaban J connectivity index is 1.78. The van der Waals surface area contributed by atoms with Crippen molar-refractivity contribution in [2.24, 2.45) is 5.92 Å². The van der Waals surface area contributed by atoms with E-state index >= 15 is 0 Å². The van der Waals surface area contributed by atoms with E-state index in [4.69, 9.17) is 37.4 Å². The van der Waals surface area contributed by atoms with Gasteiger partial charge < -0.3 is 14.2 Å². The number of benzene rings is 2. The maximum Gasteiger partial charge on any atom is 0.410 e. The molecule has 0 saturated heterocycles. The normalized spacial score (nSPS) is 15.4. The van der Waals surface area contributed by atoms with E-state index in [9.17, 15) is 9.59 Å². The van der Waals surface area contributed by atoms with Gasteiger partial charge in [0.25, 0.3) is 0 Å². The zero-order valence-corrected chi connectivity index (χ0v) is 19.2. The van der Waals surface area contributed by atoms with E-state index in [0.717, 1.165) is 11.1 Å². The molecule has 0 aromatic heterocycles. The highest BCUT2D eigenvalue weighted by Gasteiger charge is 2.37. The van der Waals surface area contributed by atoms with Crippen molar-refractivity contribution in [1.29, 1.82) is 0 Å². The second-order valence-electron chi connectivity index (χ2n) is 7.77. The zero-order chi connectivity index (χ0) is 22.5. The Morgan fingerprint density at radius 2 is 1.84 bits per heavy atom. The van der Waals surface area contributed by atoms with Crippen LogP contribution < -0.4 is 4.74 Å². The predicted octanol–water partition coefficient (Wildman–Crippen LogP) is 5.44. The summed E-state index contributed by atoms with van der Waals surface area (Å²) in [4.78, 5) is 26.5. The number of ether oxygens (including phenoxy) is 3. The van der Waals surface area contributed by atoms with Crippen molar-refractivity contribution in [2.75, 3.05) is 20.3 Å². The number of halogens is 2. The molecule has 0 spiro atoms. The smallest absolute Gasteiger partial charge is 0.410 e. The highest BCUT2D eigenvalue weighted by molar-refractivity contribution is 6.34. The summed E-state index contributed by atoms with van der Waals surface area (Å²) in [5.74, 6) is 0.339. The number of methoxy groups -OCH3 is 1. The molecule has 8 heteroatoms. The summed E-state index contributed by atoms with van der Waals surface area (Å²) in [5, 5.41) is 1.09. The van der Waals surface area contributed by atoms with E-state index in [-0.39, 0.29) is 12.5 Å². The zero-order valence-electron chi connectivity index (χ0n) is 17.7. The summed E-state index contributed by atoms with van der Waals surface area (Å²) in [7, 11) is 1.31. The number of carbonyl (C=O) groups is 2. The number of esters is 1. The fourth-order valence-corrected chi connectivity index (χ4v) is 4.01. The molecule has 1 atom stereocenters. The molecule has 0 radical (unpaired) electrons. The van der Waals surface area contributed by atoms with Crippen LogP contribution in [0.5, 0.6) is 5.75 Å². The lowest BCUT2D eigenvalue weighted by atomic mass is 9.92. The maximum atomic E-state index is 12.6. The topological polar surface area (TPSA) is 65.1 Å². The van der Waals surface area contributed by atoms with Crippen LogP contribution in [0.25, 0.3) is 0 Å². The van der Waals surface area contributed by atoms with Gasteiger partial charge in [0.1, 0.15) is 12.4 Å². The van der Waals surface area contributed by atoms with Gasteiger partial charge in [0.15, 0.2) is 6.04 Å². The summed E-state index contributed by atoms with van der Waals surface area (Å²) in [6.07, 6.45) is 0.0488. The Morgan fingerprint density at radius 1 is 1.13 bits per heavy atom. The average molecular weight is 466 g/mol. The van der Waals surface area contributed by atoms with Gasteiger partial charge >= 0.3 is 12.1 Å². The Bertz CT molecular complexity index is 943. The minimum absolute atomic E-state index is 0.201. The van der Waals surface area contributed by atoms with Gasteiger partial charge in [-0.25, -0.2) is 9.59 Å². The molecule has 1 amide bonds. The van der Waals surface area contributed by atoms with Gasteiger partial charge in [-0.2, -0.15) is 0 Å². The van der Waals surface area contributed by atoms with Gasteiger partial charge in [-0.1, -0.05) is 43.1 Å². The van der Waals surface area contributed by atoms with Crippen molar-refractivity contribution in [3.05, 3.63) is 63.1 Å². The number of carbonyl (C=O) groups excluding carboxylic acids is 2. The molecule has 31 heavy (non-hydrogen) atoms. The van der Waals surface area contributed by atoms with E-state index in [0.29, 0.717) is 40.9 Å². The Morgan fingerprint density at radius 3 is 2.48 bits per heavy atom. The number of hydrogen-bond acceptors (Lipinski definition) is 5. The lowest BCUT2D eigenvalue weighted by molar-refractivity contribution is -0.147. The molecule has 1 unspecified atom stereocenters. The van der Waals surface area contributed by atoms with Crippen LogP contribution in [0.3, 0.4) is 0 Å². The van der Waals surface area contributed by atoms with Gasteiger partial charge in [-0.3, -0.25) is 4.90 Å². The van der Waals surface area contributed by atoms with Gasteiger partial charge in [0, 0.05) is 16.6 Å². The number of rotatable bonds is 6. The Hall–Kier alpha value is -2.44. The van der Waals surface area contributed by atoms with Crippen molar-refractivity contribution in [3.63, 3.8) is 0 Å². The van der Waals surface area contributed by atoms with Crippen LogP contribution in [0.2, 0.25) is 10.0 Å². The average Bonchev–Trinajstić information content (AvgIpc) is 2.73. The van der Waals surface area contributed by atoms with Crippen LogP contribution in [0.1, 0.15) is 36.6 Å². The third-order valence-electron chi connectivity index (χ3n) is 4.87. The van der Waals surface area contributed by atoms with E-state index < -0.39 is 18.1 Å². The third-order valence-corrected chi connectivity index (χ3v) is 5.31. The highest BCUT2D eigenvalue weighted by Crippen LogP contribution is 2.34. The van der Waals surface area contributed by atoms with Crippen LogP contribution in [-0.2, 0) is 27.3 Å². The predicted molar refractivity (Wildman–Crippen MR) is 119 cm³/mol. The third kappa shape index (κ3) is 5.83. The molecule has 3 rings (SSSR count). The van der Waals surface area contributed by atoms with Crippen LogP contribution in [0.4, 0.5) is 4.79 Å². The summed E-state index contributed by atoms with van der Waals surface area (Å²) >= 11 is 12.1. The maximum absolute atomic E-state index is 12.6. The second-order valence-corrected chi connectivity index (χ2v) is 8.64. The van der Waals surface area contributed by atoms with Crippen LogP contribution in [0.15, 0.2) is 36.4 Å². The SMILES string of the molecule is COC(=O)C1c2ccc(OCc3cc(Cl)cc(Cl)c3)cc2CCN1C(=O)OCC(C)C. The minimum atomic E-state index is -0.853. The van der Waals surface area contributed by atoms with Crippen LogP contribution in [0, 0.1) is 5.92 Å². The fourth-order valence-electron chi connectivity index (χ4n) is 3.44. The standard InChI is InChI=1S/C23H25Cl2NO5/c1-14(2)12-31-23(28)26-7-6-16-10-19(4-5-20(16)21(26)22(27)29-3)30-13-15-8-17(24)11-18(25)9-15/h4-5,8-11,14,21H,6-7,12-13H2,1-3H3. The molecule has 0 aliphatic carbocycles. The summed E-state index contributed by atoms with van der Waals surface area (Å²) in [6, 6.07) is 9.84. The van der Waals surface area contributed by atoms with E-state index in [2.05, 4.69) is 0 Å². The molecule has 166 valence electrons. The molecule has 0 bridgehead atoms. The molecule has 6 nitrogen and oxygen atoms in total. The summed E-state index contributed by atoms with van der Waals surface area (Å²) in [5.41, 5.74) is 2.48. The lowest BCUT2D eigenvalue weighted by Gasteiger charge is -2.35. The van der Waals surface area contributed by atoms with E-state index in [1.165, 1.54) is 12.0 Å². The van der Waals surface area contributed by atoms with Gasteiger partial charge in [-0.15, -0.1) is 0 Å². The van der Waals surface area contributed by atoms with E-state index in [1.54, 1.807) is 30.3 Å². The first-order valence-corrected chi connectivity index (χ1v) is 10.8. The number of fused-ring (bicyclic) bond motifs is 1. The molecule has 2 aromatic rings. The Kier molecular flexibility index (Phi) is 7.68. The summed E-state index contributed by atoms with van der Waals surface area (Å²) in [6.45, 7) is 4.84. The first-order chi connectivity index (χ1) is 14.8. The van der Waals surface area contributed by atoms with Crippen molar-refractivity contribution in [1.82, 2.24) is 4.90 Å². The summed E-state index contributed by atoms with van der Waals surface area (Å²) < 4.78 is 16.2. The van der Waals surface area contributed by atoms with Gasteiger partial charge in [-0.05, 0) is 59.4 Å².